The van der Waals surface area contributed by atoms with E-state index in [4.69, 9.17) is 9.47 Å². The summed E-state index contributed by atoms with van der Waals surface area (Å²) in [4.78, 5) is 11.4. The number of para-hydroxylation sites is 1. The van der Waals surface area contributed by atoms with Crippen LogP contribution in [0.5, 0.6) is 5.75 Å². The van der Waals surface area contributed by atoms with Crippen LogP contribution < -0.4 is 4.74 Å². The van der Waals surface area contributed by atoms with E-state index >= 15 is 0 Å². The Hall–Kier alpha value is -1.35. The zero-order valence-corrected chi connectivity index (χ0v) is 12.4. The van der Waals surface area contributed by atoms with Crippen LogP contribution in [0.1, 0.15) is 44.5 Å². The molecule has 19 heavy (non-hydrogen) atoms. The van der Waals surface area contributed by atoms with Gasteiger partial charge in [0, 0.05) is 6.61 Å². The van der Waals surface area contributed by atoms with Crippen molar-refractivity contribution in [3.8, 4) is 5.75 Å². The van der Waals surface area contributed by atoms with E-state index < -0.39 is 0 Å². The molecule has 0 amide bonds. The zero-order valence-electron chi connectivity index (χ0n) is 12.4. The monoisotopic (exact) mass is 264 g/mol. The highest BCUT2D eigenvalue weighted by atomic mass is 16.5. The fourth-order valence-corrected chi connectivity index (χ4v) is 1.57. The third-order valence-corrected chi connectivity index (χ3v) is 2.75. The van der Waals surface area contributed by atoms with Gasteiger partial charge in [0.1, 0.15) is 12.4 Å². The van der Waals surface area contributed by atoms with Crippen molar-refractivity contribution >= 4 is 5.78 Å². The minimum Gasteiger partial charge on any atom is -0.490 e. The van der Waals surface area contributed by atoms with Gasteiger partial charge in [-0.2, -0.15) is 0 Å². The van der Waals surface area contributed by atoms with Crippen LogP contribution in [0.4, 0.5) is 0 Å². The molecule has 0 heterocycles. The van der Waals surface area contributed by atoms with Gasteiger partial charge in [-0.05, 0) is 30.9 Å². The normalized spacial score (nSPS) is 11.4. The second kappa shape index (κ2) is 7.29. The first-order chi connectivity index (χ1) is 8.90. The predicted molar refractivity (Wildman–Crippen MR) is 76.8 cm³/mol. The molecule has 1 rings (SSSR count). The Bertz CT molecular complexity index is 405. The average molecular weight is 264 g/mol. The molecule has 0 aromatic heterocycles. The Labute approximate surface area is 115 Å². The molecule has 0 bridgehead atoms. The number of ether oxygens (including phenoxy) is 2. The summed E-state index contributed by atoms with van der Waals surface area (Å²) in [5, 5.41) is 0. The summed E-state index contributed by atoms with van der Waals surface area (Å²) in [6.45, 7) is 9.86. The van der Waals surface area contributed by atoms with Crippen LogP contribution in [0.2, 0.25) is 0 Å². The van der Waals surface area contributed by atoms with E-state index in [1.807, 2.05) is 18.2 Å². The predicted octanol–water partition coefficient (Wildman–Crippen LogP) is 3.72. The van der Waals surface area contributed by atoms with Gasteiger partial charge in [0.15, 0.2) is 5.78 Å². The third kappa shape index (κ3) is 6.39. The lowest BCUT2D eigenvalue weighted by Gasteiger charge is -2.17. The van der Waals surface area contributed by atoms with Crippen LogP contribution in [0.3, 0.4) is 0 Å². The van der Waals surface area contributed by atoms with Gasteiger partial charge in [-0.15, -0.1) is 0 Å². The molecule has 0 aliphatic rings. The Kier molecular flexibility index (Phi) is 6.03. The van der Waals surface area contributed by atoms with Crippen molar-refractivity contribution in [2.75, 3.05) is 19.8 Å². The van der Waals surface area contributed by atoms with Crippen molar-refractivity contribution in [2.45, 2.75) is 34.1 Å². The van der Waals surface area contributed by atoms with Crippen molar-refractivity contribution in [1.29, 1.82) is 0 Å². The largest absolute Gasteiger partial charge is 0.490 e. The summed E-state index contributed by atoms with van der Waals surface area (Å²) in [7, 11) is 0. The van der Waals surface area contributed by atoms with Gasteiger partial charge >= 0.3 is 0 Å². The number of Topliss-reactive ketones (excluding diaryl/α,β-unsaturated/α-hetero) is 1. The summed E-state index contributed by atoms with van der Waals surface area (Å²) in [5.41, 5.74) is 0.916. The summed E-state index contributed by atoms with van der Waals surface area (Å²) in [6.07, 6.45) is 1.02. The molecular weight excluding hydrogens is 240 g/mol. The molecule has 106 valence electrons. The van der Waals surface area contributed by atoms with Crippen LogP contribution in [0.25, 0.3) is 0 Å². The first-order valence-electron chi connectivity index (χ1n) is 6.71. The van der Waals surface area contributed by atoms with Gasteiger partial charge in [-0.25, -0.2) is 0 Å². The van der Waals surface area contributed by atoms with Crippen molar-refractivity contribution in [3.63, 3.8) is 0 Å². The quantitative estimate of drug-likeness (QED) is 0.556. The van der Waals surface area contributed by atoms with E-state index in [1.54, 1.807) is 13.0 Å². The Morgan fingerprint density at radius 2 is 1.79 bits per heavy atom. The smallest absolute Gasteiger partial charge is 0.163 e. The lowest BCUT2D eigenvalue weighted by atomic mass is 9.93. The molecule has 1 aromatic rings. The minimum atomic E-state index is 0.0178. The number of benzene rings is 1. The lowest BCUT2D eigenvalue weighted by Crippen LogP contribution is -2.13. The van der Waals surface area contributed by atoms with Crippen molar-refractivity contribution < 1.29 is 14.3 Å². The molecule has 0 aliphatic carbocycles. The maximum Gasteiger partial charge on any atom is 0.163 e. The topological polar surface area (TPSA) is 35.5 Å². The molecular formula is C16H24O3. The number of hydrogen-bond acceptors (Lipinski definition) is 3. The van der Waals surface area contributed by atoms with E-state index in [1.165, 1.54) is 0 Å². The molecule has 0 radical (unpaired) electrons. The fourth-order valence-electron chi connectivity index (χ4n) is 1.57. The first-order valence-corrected chi connectivity index (χ1v) is 6.71. The van der Waals surface area contributed by atoms with Gasteiger partial charge in [-0.3, -0.25) is 4.79 Å². The SMILES string of the molecule is CC(=O)c1ccccc1OCCOCCC(C)(C)C. The van der Waals surface area contributed by atoms with Crippen LogP contribution in [-0.2, 0) is 4.74 Å². The summed E-state index contributed by atoms with van der Waals surface area (Å²) >= 11 is 0. The Morgan fingerprint density at radius 1 is 1.11 bits per heavy atom. The highest BCUT2D eigenvalue weighted by Crippen LogP contribution is 2.19. The lowest BCUT2D eigenvalue weighted by molar-refractivity contribution is 0.0810. The molecule has 0 aliphatic heterocycles. The number of ketones is 1. The van der Waals surface area contributed by atoms with Crippen LogP contribution in [-0.4, -0.2) is 25.6 Å². The highest BCUT2D eigenvalue weighted by Gasteiger charge is 2.09. The van der Waals surface area contributed by atoms with E-state index in [9.17, 15) is 4.79 Å². The molecule has 0 unspecified atom stereocenters. The third-order valence-electron chi connectivity index (χ3n) is 2.75. The van der Waals surface area contributed by atoms with E-state index in [0.717, 1.165) is 13.0 Å². The second-order valence-electron chi connectivity index (χ2n) is 5.82. The molecule has 0 saturated heterocycles. The Morgan fingerprint density at radius 3 is 2.42 bits per heavy atom. The maximum atomic E-state index is 11.4. The van der Waals surface area contributed by atoms with Crippen molar-refractivity contribution in [2.24, 2.45) is 5.41 Å². The van der Waals surface area contributed by atoms with Crippen LogP contribution in [0.15, 0.2) is 24.3 Å². The zero-order chi connectivity index (χ0) is 14.3. The molecule has 0 atom stereocenters. The Balaban J connectivity index is 2.28. The standard InChI is InChI=1S/C16H24O3/c1-13(17)14-7-5-6-8-15(14)19-12-11-18-10-9-16(2,3)4/h5-8H,9-12H2,1-4H3. The van der Waals surface area contributed by atoms with E-state index in [-0.39, 0.29) is 5.78 Å². The highest BCUT2D eigenvalue weighted by molar-refractivity contribution is 5.96. The molecule has 0 N–H and O–H groups in total. The summed E-state index contributed by atoms with van der Waals surface area (Å²) in [5.74, 6) is 0.652. The van der Waals surface area contributed by atoms with E-state index in [2.05, 4.69) is 20.8 Å². The molecule has 0 fully saturated rings. The van der Waals surface area contributed by atoms with Gasteiger partial charge in [0.2, 0.25) is 0 Å². The number of rotatable bonds is 7. The fraction of sp³-hybridized carbons (Fsp3) is 0.562. The van der Waals surface area contributed by atoms with Gasteiger partial charge in [0.05, 0.1) is 12.2 Å². The first kappa shape index (κ1) is 15.7. The summed E-state index contributed by atoms with van der Waals surface area (Å²) in [6, 6.07) is 7.29. The number of carbonyl (C=O) groups excluding carboxylic acids is 1. The van der Waals surface area contributed by atoms with Crippen LogP contribution >= 0.6 is 0 Å². The molecule has 0 spiro atoms. The number of hydrogen-bond donors (Lipinski definition) is 0. The van der Waals surface area contributed by atoms with Crippen molar-refractivity contribution in [1.82, 2.24) is 0 Å². The van der Waals surface area contributed by atoms with Gasteiger partial charge in [0.25, 0.3) is 0 Å². The molecule has 1 aromatic carbocycles. The second-order valence-corrected chi connectivity index (χ2v) is 5.82. The maximum absolute atomic E-state index is 11.4. The minimum absolute atomic E-state index is 0.0178. The number of carbonyl (C=O) groups is 1. The van der Waals surface area contributed by atoms with Crippen molar-refractivity contribution in [3.05, 3.63) is 29.8 Å². The van der Waals surface area contributed by atoms with Crippen LogP contribution in [0, 0.1) is 5.41 Å². The summed E-state index contributed by atoms with van der Waals surface area (Å²) < 4.78 is 11.1. The molecule has 3 heteroatoms. The average Bonchev–Trinajstić information content (AvgIpc) is 2.32. The van der Waals surface area contributed by atoms with Gasteiger partial charge < -0.3 is 9.47 Å². The van der Waals surface area contributed by atoms with Gasteiger partial charge in [-0.1, -0.05) is 32.9 Å². The molecule has 0 saturated carbocycles. The van der Waals surface area contributed by atoms with E-state index in [0.29, 0.717) is 29.9 Å². The molecule has 3 nitrogen and oxygen atoms in total.